The van der Waals surface area contributed by atoms with Gasteiger partial charge in [-0.3, -0.25) is 14.4 Å². The Balaban J connectivity index is 1.32. The minimum Gasteiger partial charge on any atom is -0.480 e. The number of carboxylic acid groups (broad SMARTS) is 1. The maximum absolute atomic E-state index is 12.2. The standard InChI is InChI=1S/C33H50N4O2/c1-7-28-30-29(37(8-2)34-28)12-13-33(30)14-16-36(17-15-33)21-25-19-26(35(6)31(22(3)4)32(38)39)20-27(25)24-11-9-10-23(5)18-24/h9-11,18,22,25-27,31H,7-8,12-17,19-21H2,1-6H3,(H,38,39)/t25-,26+,27-,31-/m1/s1. The van der Waals surface area contributed by atoms with Crippen LogP contribution in [-0.2, 0) is 29.6 Å². The molecule has 39 heavy (non-hydrogen) atoms. The van der Waals surface area contributed by atoms with E-state index in [1.165, 1.54) is 48.2 Å². The molecule has 1 aromatic heterocycles. The molecule has 0 bridgehead atoms. The molecule has 1 N–H and O–H groups in total. The Labute approximate surface area is 235 Å². The summed E-state index contributed by atoms with van der Waals surface area (Å²) in [5.41, 5.74) is 7.54. The second-order valence-electron chi connectivity index (χ2n) is 13.1. The smallest absolute Gasteiger partial charge is 0.321 e. The molecule has 1 saturated heterocycles. The molecular formula is C33H50N4O2. The van der Waals surface area contributed by atoms with Crippen LogP contribution in [-0.4, -0.2) is 69.4 Å². The summed E-state index contributed by atoms with van der Waals surface area (Å²) in [4.78, 5) is 17.1. The Hall–Kier alpha value is -2.18. The molecule has 1 spiro atoms. The van der Waals surface area contributed by atoms with Crippen LogP contribution in [0.3, 0.4) is 0 Å². The molecule has 214 valence electrons. The Morgan fingerprint density at radius 2 is 1.92 bits per heavy atom. The molecule has 4 atom stereocenters. The van der Waals surface area contributed by atoms with Crippen LogP contribution in [0.5, 0.6) is 0 Å². The molecule has 2 fully saturated rings. The van der Waals surface area contributed by atoms with Crippen LogP contribution >= 0.6 is 0 Å². The van der Waals surface area contributed by atoms with Crippen LogP contribution in [0, 0.1) is 18.8 Å². The van der Waals surface area contributed by atoms with Crippen molar-refractivity contribution in [3.8, 4) is 0 Å². The van der Waals surface area contributed by atoms with Crippen LogP contribution in [0.2, 0.25) is 0 Å². The largest absolute Gasteiger partial charge is 0.480 e. The number of carboxylic acids is 1. The number of carbonyl (C=O) groups is 1. The van der Waals surface area contributed by atoms with E-state index in [9.17, 15) is 9.90 Å². The Bertz CT molecular complexity index is 1160. The van der Waals surface area contributed by atoms with Gasteiger partial charge in [-0.2, -0.15) is 5.10 Å². The lowest BCUT2D eigenvalue weighted by Gasteiger charge is -2.41. The number of likely N-dealkylation sites (tertiary alicyclic amines) is 1. The van der Waals surface area contributed by atoms with Gasteiger partial charge in [0.05, 0.1) is 5.69 Å². The molecular weight excluding hydrogens is 484 g/mol. The summed E-state index contributed by atoms with van der Waals surface area (Å²) in [5.74, 6) is 0.410. The summed E-state index contributed by atoms with van der Waals surface area (Å²) in [7, 11) is 2.04. The van der Waals surface area contributed by atoms with Crippen molar-refractivity contribution in [3.05, 3.63) is 52.3 Å². The van der Waals surface area contributed by atoms with Gasteiger partial charge in [0.15, 0.2) is 0 Å². The Kier molecular flexibility index (Phi) is 8.26. The molecule has 6 heteroatoms. The van der Waals surface area contributed by atoms with E-state index in [0.717, 1.165) is 45.4 Å². The topological polar surface area (TPSA) is 61.6 Å². The molecule has 0 radical (unpaired) electrons. The normalized spacial score (nSPS) is 25.6. The van der Waals surface area contributed by atoms with Gasteiger partial charge in [0.2, 0.25) is 0 Å². The number of nitrogens with zero attached hydrogens (tertiary/aromatic N) is 4. The van der Waals surface area contributed by atoms with Gasteiger partial charge in [-0.15, -0.1) is 0 Å². The van der Waals surface area contributed by atoms with Gasteiger partial charge < -0.3 is 10.0 Å². The lowest BCUT2D eigenvalue weighted by molar-refractivity contribution is -0.145. The quantitative estimate of drug-likeness (QED) is 0.450. The lowest BCUT2D eigenvalue weighted by atomic mass is 9.73. The fourth-order valence-corrected chi connectivity index (χ4v) is 8.50. The van der Waals surface area contributed by atoms with Crippen LogP contribution in [0.15, 0.2) is 24.3 Å². The van der Waals surface area contributed by atoms with Crippen molar-refractivity contribution >= 4 is 5.97 Å². The molecule has 5 rings (SSSR count). The van der Waals surface area contributed by atoms with Crippen molar-refractivity contribution in [2.45, 2.75) is 110 Å². The summed E-state index contributed by atoms with van der Waals surface area (Å²) in [6, 6.07) is 8.89. The second kappa shape index (κ2) is 11.4. The number of aliphatic carboxylic acids is 1. The first-order chi connectivity index (χ1) is 18.7. The third-order valence-electron chi connectivity index (χ3n) is 10.5. The van der Waals surface area contributed by atoms with Gasteiger partial charge in [-0.05, 0) is 102 Å². The monoisotopic (exact) mass is 534 g/mol. The molecule has 2 aromatic rings. The van der Waals surface area contributed by atoms with E-state index in [4.69, 9.17) is 5.10 Å². The maximum Gasteiger partial charge on any atom is 0.321 e. The van der Waals surface area contributed by atoms with Crippen molar-refractivity contribution in [1.82, 2.24) is 19.6 Å². The van der Waals surface area contributed by atoms with E-state index in [1.807, 2.05) is 20.9 Å². The molecule has 6 nitrogen and oxygen atoms in total. The first-order valence-corrected chi connectivity index (χ1v) is 15.5. The van der Waals surface area contributed by atoms with Crippen LogP contribution < -0.4 is 0 Å². The van der Waals surface area contributed by atoms with E-state index < -0.39 is 12.0 Å². The molecule has 1 saturated carbocycles. The van der Waals surface area contributed by atoms with Gasteiger partial charge in [0, 0.05) is 35.8 Å². The number of rotatable bonds is 9. The third kappa shape index (κ3) is 5.31. The number of hydrogen-bond donors (Lipinski definition) is 1. The number of piperidine rings is 1. The zero-order valence-electron chi connectivity index (χ0n) is 25.1. The highest BCUT2D eigenvalue weighted by Gasteiger charge is 2.46. The summed E-state index contributed by atoms with van der Waals surface area (Å²) in [5, 5.41) is 15.0. The van der Waals surface area contributed by atoms with E-state index in [1.54, 1.807) is 5.56 Å². The molecule has 1 aromatic carbocycles. The predicted octanol–water partition coefficient (Wildman–Crippen LogP) is 5.66. The predicted molar refractivity (Wildman–Crippen MR) is 157 cm³/mol. The van der Waals surface area contributed by atoms with E-state index in [-0.39, 0.29) is 5.92 Å². The number of hydrogen-bond acceptors (Lipinski definition) is 4. The van der Waals surface area contributed by atoms with Gasteiger partial charge in [0.1, 0.15) is 6.04 Å². The molecule has 3 aliphatic rings. The number of fused-ring (bicyclic) bond motifs is 2. The van der Waals surface area contributed by atoms with E-state index >= 15 is 0 Å². The fraction of sp³-hybridized carbons (Fsp3) is 0.697. The molecule has 0 unspecified atom stereocenters. The number of aromatic nitrogens is 2. The van der Waals surface area contributed by atoms with Gasteiger partial charge in [-0.1, -0.05) is 50.6 Å². The van der Waals surface area contributed by atoms with Crippen LogP contribution in [0.4, 0.5) is 0 Å². The second-order valence-corrected chi connectivity index (χ2v) is 13.1. The minimum absolute atomic E-state index is 0.0867. The minimum atomic E-state index is -0.696. The molecule has 0 amide bonds. The van der Waals surface area contributed by atoms with Crippen molar-refractivity contribution in [1.29, 1.82) is 0 Å². The van der Waals surface area contributed by atoms with Gasteiger partial charge >= 0.3 is 5.97 Å². The lowest BCUT2D eigenvalue weighted by Crippen LogP contribution is -2.47. The van der Waals surface area contributed by atoms with Gasteiger partial charge in [0.25, 0.3) is 0 Å². The number of likely N-dealkylation sites (N-methyl/N-ethyl adjacent to an activating group) is 1. The summed E-state index contributed by atoms with van der Waals surface area (Å²) >= 11 is 0. The van der Waals surface area contributed by atoms with Crippen molar-refractivity contribution in [3.63, 3.8) is 0 Å². The summed E-state index contributed by atoms with van der Waals surface area (Å²) in [6.07, 6.45) is 8.09. The average molecular weight is 535 g/mol. The Morgan fingerprint density at radius 3 is 2.54 bits per heavy atom. The zero-order chi connectivity index (χ0) is 27.9. The number of aryl methyl sites for hydroxylation is 3. The van der Waals surface area contributed by atoms with Crippen molar-refractivity contribution in [2.75, 3.05) is 26.7 Å². The van der Waals surface area contributed by atoms with Crippen molar-refractivity contribution < 1.29 is 9.90 Å². The van der Waals surface area contributed by atoms with Gasteiger partial charge in [-0.25, -0.2) is 0 Å². The molecule has 2 heterocycles. The summed E-state index contributed by atoms with van der Waals surface area (Å²) in [6.45, 7) is 15.1. The highest BCUT2D eigenvalue weighted by Crippen LogP contribution is 2.49. The fourth-order valence-electron chi connectivity index (χ4n) is 8.50. The number of benzene rings is 1. The van der Waals surface area contributed by atoms with Crippen LogP contribution in [0.25, 0.3) is 0 Å². The molecule has 1 aliphatic heterocycles. The third-order valence-corrected chi connectivity index (χ3v) is 10.5. The first kappa shape index (κ1) is 28.4. The zero-order valence-corrected chi connectivity index (χ0v) is 25.1. The first-order valence-electron chi connectivity index (χ1n) is 15.5. The van der Waals surface area contributed by atoms with Crippen LogP contribution in [0.1, 0.15) is 93.8 Å². The molecule has 2 aliphatic carbocycles. The van der Waals surface area contributed by atoms with Crippen molar-refractivity contribution in [2.24, 2.45) is 11.8 Å². The maximum atomic E-state index is 12.2. The SMILES string of the molecule is CCc1nn(CC)c2c1C1(CC2)CCN(C[C@H]2C[C@H](N(C)[C@@H](C(=O)O)C(C)C)C[C@@H]2c2cccc(C)c2)CC1. The average Bonchev–Trinajstić information content (AvgIpc) is 3.59. The highest BCUT2D eigenvalue weighted by atomic mass is 16.4. The highest BCUT2D eigenvalue weighted by molar-refractivity contribution is 5.73. The Morgan fingerprint density at radius 1 is 1.18 bits per heavy atom. The summed E-state index contributed by atoms with van der Waals surface area (Å²) < 4.78 is 2.28. The van der Waals surface area contributed by atoms with E-state index in [0.29, 0.717) is 23.3 Å². The van der Waals surface area contributed by atoms with E-state index in [2.05, 4.69) is 59.5 Å².